The van der Waals surface area contributed by atoms with E-state index in [-0.39, 0.29) is 30.1 Å². The number of fused-ring (bicyclic) bond motifs is 1. The van der Waals surface area contributed by atoms with Gasteiger partial charge in [0.15, 0.2) is 5.96 Å². The minimum Gasteiger partial charge on any atom is -0.375 e. The molecule has 1 unspecified atom stereocenters. The van der Waals surface area contributed by atoms with E-state index in [2.05, 4.69) is 81.5 Å². The predicted molar refractivity (Wildman–Crippen MR) is 147 cm³/mol. The summed E-state index contributed by atoms with van der Waals surface area (Å²) in [4.78, 5) is 11.6. The van der Waals surface area contributed by atoms with Gasteiger partial charge in [-0.05, 0) is 55.5 Å². The van der Waals surface area contributed by atoms with E-state index in [1.807, 2.05) is 12.3 Å². The van der Waals surface area contributed by atoms with Crippen LogP contribution in [0, 0.1) is 0 Å². The Balaban J connectivity index is 0.00000306. The minimum atomic E-state index is 0. The quantitative estimate of drug-likeness (QED) is 0.188. The Bertz CT molecular complexity index is 1040. The van der Waals surface area contributed by atoms with E-state index in [1.54, 1.807) is 0 Å². The summed E-state index contributed by atoms with van der Waals surface area (Å²) in [5.74, 6) is 1.85. The molecule has 0 saturated carbocycles. The summed E-state index contributed by atoms with van der Waals surface area (Å²) in [6.45, 7) is 10.00. The van der Waals surface area contributed by atoms with Crippen molar-refractivity contribution in [2.75, 3.05) is 37.7 Å². The number of pyridine rings is 1. The van der Waals surface area contributed by atoms with Crippen LogP contribution in [0.3, 0.4) is 0 Å². The fraction of sp³-hybridized carbons (Fsp3) is 0.440. The van der Waals surface area contributed by atoms with Crippen LogP contribution in [-0.4, -0.2) is 54.4 Å². The highest BCUT2D eigenvalue weighted by Gasteiger charge is 2.18. The second-order valence-corrected chi connectivity index (χ2v) is 8.19. The molecule has 1 aliphatic heterocycles. The van der Waals surface area contributed by atoms with E-state index < -0.39 is 0 Å². The number of anilines is 1. The maximum atomic E-state index is 5.65. The van der Waals surface area contributed by atoms with Crippen LogP contribution in [-0.2, 0) is 17.8 Å². The van der Waals surface area contributed by atoms with Crippen molar-refractivity contribution >= 4 is 46.7 Å². The molecule has 1 fully saturated rings. The van der Waals surface area contributed by atoms with Crippen LogP contribution in [0.15, 0.2) is 59.9 Å². The Morgan fingerprint density at radius 1 is 1.21 bits per heavy atom. The molecular weight excluding hydrogens is 527 g/mol. The van der Waals surface area contributed by atoms with E-state index in [0.717, 1.165) is 63.1 Å². The number of hydrogen-bond donors (Lipinski definition) is 2. The maximum Gasteiger partial charge on any atom is 0.191 e. The molecule has 8 heteroatoms. The second-order valence-electron chi connectivity index (χ2n) is 8.19. The average molecular weight is 563 g/mol. The first-order valence-corrected chi connectivity index (χ1v) is 11.6. The molecule has 3 heterocycles. The fourth-order valence-electron chi connectivity index (χ4n) is 4.06. The number of hydrogen-bond acceptors (Lipinski definition) is 4. The molecule has 1 aromatic carbocycles. The number of benzene rings is 1. The van der Waals surface area contributed by atoms with Gasteiger partial charge in [0, 0.05) is 50.6 Å². The highest BCUT2D eigenvalue weighted by molar-refractivity contribution is 14.0. The van der Waals surface area contributed by atoms with E-state index in [1.165, 1.54) is 10.9 Å². The van der Waals surface area contributed by atoms with Gasteiger partial charge < -0.3 is 24.8 Å². The van der Waals surface area contributed by atoms with Crippen LogP contribution in [0.2, 0.25) is 0 Å². The summed E-state index contributed by atoms with van der Waals surface area (Å²) < 4.78 is 7.96. The molecule has 1 atom stereocenters. The molecule has 2 N–H and O–H groups in total. The number of para-hydroxylation sites is 1. The van der Waals surface area contributed by atoms with E-state index in [4.69, 9.17) is 9.73 Å². The normalized spacial score (nSPS) is 16.5. The molecular formula is C25H35IN6O. The molecule has 178 valence electrons. The van der Waals surface area contributed by atoms with Crippen molar-refractivity contribution in [2.45, 2.75) is 39.5 Å². The third kappa shape index (κ3) is 7.07. The lowest BCUT2D eigenvalue weighted by molar-refractivity contribution is 0.0529. The molecule has 0 spiro atoms. The first-order valence-electron chi connectivity index (χ1n) is 11.6. The van der Waals surface area contributed by atoms with Crippen molar-refractivity contribution in [3.63, 3.8) is 0 Å². The van der Waals surface area contributed by atoms with Crippen molar-refractivity contribution in [1.82, 2.24) is 20.2 Å². The van der Waals surface area contributed by atoms with Crippen molar-refractivity contribution in [3.05, 3.63) is 60.4 Å². The number of aromatic nitrogens is 2. The monoisotopic (exact) mass is 562 g/mol. The number of halogens is 1. The molecule has 3 aromatic rings. The average Bonchev–Trinajstić information content (AvgIpc) is 3.23. The summed E-state index contributed by atoms with van der Waals surface area (Å²) in [5.41, 5.74) is 2.45. The summed E-state index contributed by atoms with van der Waals surface area (Å²) in [7, 11) is 0. The first kappa shape index (κ1) is 25.3. The van der Waals surface area contributed by atoms with Crippen LogP contribution < -0.4 is 15.5 Å². The molecule has 0 bridgehead atoms. The molecule has 4 rings (SSSR count). The molecule has 7 nitrogen and oxygen atoms in total. The lowest BCUT2D eigenvalue weighted by atomic mass is 10.2. The van der Waals surface area contributed by atoms with Gasteiger partial charge in [-0.25, -0.2) is 9.98 Å². The van der Waals surface area contributed by atoms with Gasteiger partial charge in [-0.2, -0.15) is 0 Å². The van der Waals surface area contributed by atoms with Gasteiger partial charge in [0.2, 0.25) is 0 Å². The van der Waals surface area contributed by atoms with Crippen LogP contribution in [0.25, 0.3) is 10.9 Å². The van der Waals surface area contributed by atoms with E-state index >= 15 is 0 Å². The molecule has 0 aliphatic carbocycles. The zero-order valence-electron chi connectivity index (χ0n) is 19.5. The number of aryl methyl sites for hydroxylation is 1. The van der Waals surface area contributed by atoms with Crippen LogP contribution in [0.1, 0.15) is 25.8 Å². The van der Waals surface area contributed by atoms with Gasteiger partial charge >= 0.3 is 0 Å². The Morgan fingerprint density at radius 3 is 2.94 bits per heavy atom. The second kappa shape index (κ2) is 12.8. The predicted octanol–water partition coefficient (Wildman–Crippen LogP) is 4.02. The lowest BCUT2D eigenvalue weighted by Crippen LogP contribution is -2.41. The highest BCUT2D eigenvalue weighted by Crippen LogP contribution is 2.17. The molecule has 1 saturated heterocycles. The zero-order chi connectivity index (χ0) is 22.2. The molecule has 33 heavy (non-hydrogen) atoms. The van der Waals surface area contributed by atoms with Crippen LogP contribution >= 0.6 is 24.0 Å². The summed E-state index contributed by atoms with van der Waals surface area (Å²) >= 11 is 0. The summed E-state index contributed by atoms with van der Waals surface area (Å²) in [6, 6.07) is 14.9. The maximum absolute atomic E-state index is 5.65. The van der Waals surface area contributed by atoms with Gasteiger partial charge in [0.1, 0.15) is 5.82 Å². The fourth-order valence-corrected chi connectivity index (χ4v) is 4.06. The molecule has 2 aromatic heterocycles. The SMILES string of the molecule is CCNC(=NCc1ccnc(N2CCOC(C)C2)c1)NCCCn1ccc2ccccc21.I. The van der Waals surface area contributed by atoms with Gasteiger partial charge in [0.25, 0.3) is 0 Å². The number of rotatable bonds is 8. The van der Waals surface area contributed by atoms with Crippen LogP contribution in [0.4, 0.5) is 5.82 Å². The number of nitrogens with zero attached hydrogens (tertiary/aromatic N) is 4. The standard InChI is InChI=1S/C25H34N6O.HI/c1-3-26-25(28-11-6-13-30-14-10-22-7-4-5-8-23(22)30)29-18-21-9-12-27-24(17-21)31-15-16-32-20(2)19-31;/h4-5,7-10,12,14,17,20H,3,6,11,13,15-16,18-19H2,1-2H3,(H2,26,28,29);1H. The Labute approximate surface area is 213 Å². The zero-order valence-corrected chi connectivity index (χ0v) is 21.9. The molecule has 1 aliphatic rings. The lowest BCUT2D eigenvalue weighted by Gasteiger charge is -2.32. The largest absolute Gasteiger partial charge is 0.375 e. The molecule has 0 amide bonds. The highest BCUT2D eigenvalue weighted by atomic mass is 127. The van der Waals surface area contributed by atoms with Crippen LogP contribution in [0.5, 0.6) is 0 Å². The number of aliphatic imine (C=N–C) groups is 1. The van der Waals surface area contributed by atoms with Crippen molar-refractivity contribution < 1.29 is 4.74 Å². The summed E-state index contributed by atoms with van der Waals surface area (Å²) in [6.07, 6.45) is 5.31. The third-order valence-corrected chi connectivity index (χ3v) is 5.69. The third-order valence-electron chi connectivity index (χ3n) is 5.69. The first-order chi connectivity index (χ1) is 15.7. The van der Waals surface area contributed by atoms with Crippen molar-refractivity contribution in [3.8, 4) is 0 Å². The number of nitrogens with one attached hydrogen (secondary N) is 2. The van der Waals surface area contributed by atoms with Crippen molar-refractivity contribution in [1.29, 1.82) is 0 Å². The van der Waals surface area contributed by atoms with Gasteiger partial charge in [0.05, 0.1) is 19.3 Å². The Hall–Kier alpha value is -2.33. The Morgan fingerprint density at radius 2 is 2.09 bits per heavy atom. The topological polar surface area (TPSA) is 66.7 Å². The van der Waals surface area contributed by atoms with Gasteiger partial charge in [-0.15, -0.1) is 24.0 Å². The van der Waals surface area contributed by atoms with Gasteiger partial charge in [-0.3, -0.25) is 0 Å². The van der Waals surface area contributed by atoms with E-state index in [9.17, 15) is 0 Å². The van der Waals surface area contributed by atoms with E-state index in [0.29, 0.717) is 6.54 Å². The van der Waals surface area contributed by atoms with Crippen molar-refractivity contribution in [2.24, 2.45) is 4.99 Å². The Kier molecular flexibility index (Phi) is 9.80. The number of morpholine rings is 1. The number of ether oxygens (including phenoxy) is 1. The number of guanidine groups is 1. The smallest absolute Gasteiger partial charge is 0.191 e. The van der Waals surface area contributed by atoms with Gasteiger partial charge in [-0.1, -0.05) is 18.2 Å². The summed E-state index contributed by atoms with van der Waals surface area (Å²) in [5, 5.41) is 8.11. The minimum absolute atomic E-state index is 0. The molecule has 0 radical (unpaired) electrons.